The molecule has 1 aromatic carbocycles. The van der Waals surface area contributed by atoms with E-state index in [9.17, 15) is 4.79 Å². The van der Waals surface area contributed by atoms with Crippen molar-refractivity contribution in [3.63, 3.8) is 0 Å². The Kier molecular flexibility index (Phi) is 4.63. The maximum Gasteiger partial charge on any atom is 0.224 e. The second kappa shape index (κ2) is 7.02. The summed E-state index contributed by atoms with van der Waals surface area (Å²) in [5, 5.41) is 11.6. The van der Waals surface area contributed by atoms with E-state index in [-0.39, 0.29) is 5.91 Å². The van der Waals surface area contributed by atoms with Crippen LogP contribution in [0.4, 0.5) is 0 Å². The number of halogens is 1. The highest BCUT2D eigenvalue weighted by atomic mass is 35.5. The number of aromatic nitrogens is 4. The molecule has 2 heterocycles. The van der Waals surface area contributed by atoms with Gasteiger partial charge >= 0.3 is 0 Å². The number of nitrogens with zero attached hydrogens (tertiary/aromatic N) is 4. The molecule has 0 fully saturated rings. The molecule has 0 saturated heterocycles. The molecular formula is C16H14ClN5O. The topological polar surface area (TPSA) is 72.7 Å². The number of pyridine rings is 1. The Hall–Kier alpha value is -2.73. The normalized spacial score (nSPS) is 10.5. The minimum Gasteiger partial charge on any atom is -0.350 e. The summed E-state index contributed by atoms with van der Waals surface area (Å²) >= 11 is 5.82. The van der Waals surface area contributed by atoms with Gasteiger partial charge in [-0.25, -0.2) is 4.68 Å². The first-order valence-electron chi connectivity index (χ1n) is 7.03. The van der Waals surface area contributed by atoms with Crippen molar-refractivity contribution in [2.75, 3.05) is 0 Å². The summed E-state index contributed by atoms with van der Waals surface area (Å²) in [5.41, 5.74) is 2.46. The SMILES string of the molecule is O=C(Cc1ccc(Cl)cc1)NCc1cn(-c2ccncc2)nn1. The Morgan fingerprint density at radius 1 is 1.13 bits per heavy atom. The second-order valence-corrected chi connectivity index (χ2v) is 5.38. The second-order valence-electron chi connectivity index (χ2n) is 4.94. The van der Waals surface area contributed by atoms with E-state index in [2.05, 4.69) is 20.6 Å². The Morgan fingerprint density at radius 3 is 2.61 bits per heavy atom. The van der Waals surface area contributed by atoms with E-state index in [1.54, 1.807) is 35.4 Å². The summed E-state index contributed by atoms with van der Waals surface area (Å²) in [7, 11) is 0. The monoisotopic (exact) mass is 327 g/mol. The molecule has 6 nitrogen and oxygen atoms in total. The van der Waals surface area contributed by atoms with Crippen molar-refractivity contribution in [3.8, 4) is 5.69 Å². The smallest absolute Gasteiger partial charge is 0.224 e. The van der Waals surface area contributed by atoms with Gasteiger partial charge in [0.15, 0.2) is 0 Å². The number of amides is 1. The zero-order chi connectivity index (χ0) is 16.1. The van der Waals surface area contributed by atoms with Crippen LogP contribution in [0.3, 0.4) is 0 Å². The lowest BCUT2D eigenvalue weighted by atomic mass is 10.1. The summed E-state index contributed by atoms with van der Waals surface area (Å²) in [6.07, 6.45) is 5.45. The van der Waals surface area contributed by atoms with Gasteiger partial charge in [0, 0.05) is 17.4 Å². The van der Waals surface area contributed by atoms with E-state index in [0.29, 0.717) is 23.7 Å². The van der Waals surface area contributed by atoms with Gasteiger partial charge in [0.2, 0.25) is 5.91 Å². The number of benzene rings is 1. The van der Waals surface area contributed by atoms with Gasteiger partial charge in [0.05, 0.1) is 24.8 Å². The highest BCUT2D eigenvalue weighted by molar-refractivity contribution is 6.30. The fourth-order valence-corrected chi connectivity index (χ4v) is 2.17. The molecule has 3 aromatic rings. The van der Waals surface area contributed by atoms with Crippen molar-refractivity contribution >= 4 is 17.5 Å². The summed E-state index contributed by atoms with van der Waals surface area (Å²) in [6.45, 7) is 0.331. The minimum absolute atomic E-state index is 0.0780. The minimum atomic E-state index is -0.0780. The molecule has 0 unspecified atom stereocenters. The lowest BCUT2D eigenvalue weighted by Gasteiger charge is -2.03. The van der Waals surface area contributed by atoms with Gasteiger partial charge in [-0.2, -0.15) is 0 Å². The van der Waals surface area contributed by atoms with Crippen LogP contribution in [-0.4, -0.2) is 25.9 Å². The van der Waals surface area contributed by atoms with Crippen LogP contribution in [0.2, 0.25) is 5.02 Å². The Balaban J connectivity index is 1.55. The highest BCUT2D eigenvalue weighted by Crippen LogP contribution is 2.10. The van der Waals surface area contributed by atoms with Crippen LogP contribution in [0, 0.1) is 0 Å². The summed E-state index contributed by atoms with van der Waals surface area (Å²) in [6, 6.07) is 10.9. The van der Waals surface area contributed by atoms with Crippen LogP contribution < -0.4 is 5.32 Å². The highest BCUT2D eigenvalue weighted by Gasteiger charge is 2.06. The van der Waals surface area contributed by atoms with Crippen LogP contribution in [0.15, 0.2) is 55.0 Å². The van der Waals surface area contributed by atoms with Gasteiger partial charge in [0.25, 0.3) is 0 Å². The van der Waals surface area contributed by atoms with Crippen molar-refractivity contribution in [3.05, 3.63) is 71.3 Å². The third-order valence-corrected chi connectivity index (χ3v) is 3.46. The van der Waals surface area contributed by atoms with Gasteiger partial charge in [-0.3, -0.25) is 9.78 Å². The number of hydrogen-bond acceptors (Lipinski definition) is 4. The fourth-order valence-electron chi connectivity index (χ4n) is 2.04. The lowest BCUT2D eigenvalue weighted by molar-refractivity contribution is -0.120. The molecule has 0 saturated carbocycles. The van der Waals surface area contributed by atoms with E-state index < -0.39 is 0 Å². The van der Waals surface area contributed by atoms with Gasteiger partial charge in [0.1, 0.15) is 5.69 Å². The average molecular weight is 328 g/mol. The summed E-state index contributed by atoms with van der Waals surface area (Å²) in [5.74, 6) is -0.0780. The first kappa shape index (κ1) is 15.2. The van der Waals surface area contributed by atoms with Crippen molar-refractivity contribution in [2.24, 2.45) is 0 Å². The Morgan fingerprint density at radius 2 is 1.87 bits per heavy atom. The van der Waals surface area contributed by atoms with Crippen LogP contribution in [-0.2, 0) is 17.8 Å². The Labute approximate surface area is 138 Å². The molecule has 2 aromatic heterocycles. The number of carbonyl (C=O) groups is 1. The van der Waals surface area contributed by atoms with Crippen molar-refractivity contribution < 1.29 is 4.79 Å². The molecule has 0 aliphatic heterocycles. The molecule has 7 heteroatoms. The molecule has 0 radical (unpaired) electrons. The molecule has 0 bridgehead atoms. The predicted molar refractivity (Wildman–Crippen MR) is 86.2 cm³/mol. The van der Waals surface area contributed by atoms with Crippen LogP contribution in [0.5, 0.6) is 0 Å². The molecule has 23 heavy (non-hydrogen) atoms. The first-order valence-corrected chi connectivity index (χ1v) is 7.41. The molecule has 3 rings (SSSR count). The zero-order valence-corrected chi connectivity index (χ0v) is 12.9. The molecule has 0 aliphatic carbocycles. The fraction of sp³-hybridized carbons (Fsp3) is 0.125. The third kappa shape index (κ3) is 4.14. The molecule has 0 atom stereocenters. The largest absolute Gasteiger partial charge is 0.350 e. The van der Waals surface area contributed by atoms with Crippen LogP contribution in [0.1, 0.15) is 11.3 Å². The molecular weight excluding hydrogens is 314 g/mol. The predicted octanol–water partition coefficient (Wildman–Crippen LogP) is 2.17. The van der Waals surface area contributed by atoms with Crippen molar-refractivity contribution in [2.45, 2.75) is 13.0 Å². The third-order valence-electron chi connectivity index (χ3n) is 3.21. The lowest BCUT2D eigenvalue weighted by Crippen LogP contribution is -2.24. The quantitative estimate of drug-likeness (QED) is 0.779. The standard InChI is InChI=1S/C16H14ClN5O/c17-13-3-1-12(2-4-13)9-16(23)19-10-14-11-22(21-20-14)15-5-7-18-8-6-15/h1-8,11H,9-10H2,(H,19,23). The van der Waals surface area contributed by atoms with E-state index in [1.807, 2.05) is 24.3 Å². The number of nitrogens with one attached hydrogen (secondary N) is 1. The molecule has 0 aliphatic rings. The molecule has 1 amide bonds. The Bertz CT molecular complexity index is 786. The van der Waals surface area contributed by atoms with Gasteiger partial charge in [-0.1, -0.05) is 28.9 Å². The van der Waals surface area contributed by atoms with Gasteiger partial charge in [-0.05, 0) is 29.8 Å². The van der Waals surface area contributed by atoms with E-state index in [1.165, 1.54) is 0 Å². The summed E-state index contributed by atoms with van der Waals surface area (Å²) in [4.78, 5) is 15.9. The van der Waals surface area contributed by atoms with E-state index >= 15 is 0 Å². The number of hydrogen-bond donors (Lipinski definition) is 1. The number of rotatable bonds is 5. The zero-order valence-electron chi connectivity index (χ0n) is 12.2. The summed E-state index contributed by atoms with van der Waals surface area (Å²) < 4.78 is 1.64. The molecule has 116 valence electrons. The van der Waals surface area contributed by atoms with Crippen LogP contribution >= 0.6 is 11.6 Å². The average Bonchev–Trinajstić information content (AvgIpc) is 3.05. The van der Waals surface area contributed by atoms with Crippen molar-refractivity contribution in [1.29, 1.82) is 0 Å². The van der Waals surface area contributed by atoms with Gasteiger partial charge < -0.3 is 5.32 Å². The van der Waals surface area contributed by atoms with Crippen molar-refractivity contribution in [1.82, 2.24) is 25.3 Å². The van der Waals surface area contributed by atoms with Crippen LogP contribution in [0.25, 0.3) is 5.69 Å². The molecule has 0 spiro atoms. The maximum atomic E-state index is 11.9. The maximum absolute atomic E-state index is 11.9. The molecule has 1 N–H and O–H groups in total. The van der Waals surface area contributed by atoms with Gasteiger partial charge in [-0.15, -0.1) is 5.10 Å². The first-order chi connectivity index (χ1) is 11.2. The van der Waals surface area contributed by atoms with E-state index in [0.717, 1.165) is 11.3 Å². The number of carbonyl (C=O) groups excluding carboxylic acids is 1. The van der Waals surface area contributed by atoms with E-state index in [4.69, 9.17) is 11.6 Å².